The maximum atomic E-state index is 12.7. The zero-order valence-corrected chi connectivity index (χ0v) is 17.2. The van der Waals surface area contributed by atoms with E-state index in [4.69, 9.17) is 21.2 Å². The van der Waals surface area contributed by atoms with Crippen LogP contribution in [-0.4, -0.2) is 44.4 Å². The minimum Gasteiger partial charge on any atom is -0.479 e. The Morgan fingerprint density at radius 3 is 2.45 bits per heavy atom. The van der Waals surface area contributed by atoms with Gasteiger partial charge in [-0.15, -0.1) is 0 Å². The molecule has 0 radical (unpaired) electrons. The lowest BCUT2D eigenvalue weighted by molar-refractivity contribution is -0.156. The number of aromatic amines is 1. The van der Waals surface area contributed by atoms with Crippen molar-refractivity contribution < 1.29 is 24.3 Å². The maximum Gasteiger partial charge on any atom is 0.336 e. The quantitative estimate of drug-likeness (QED) is 0.390. The molecule has 9 nitrogen and oxygen atoms in total. The summed E-state index contributed by atoms with van der Waals surface area (Å²) in [4.78, 5) is 35.2. The molecule has 0 unspecified atom stereocenters. The Morgan fingerprint density at radius 2 is 1.87 bits per heavy atom. The summed E-state index contributed by atoms with van der Waals surface area (Å²) >= 11 is 6.04. The van der Waals surface area contributed by atoms with Crippen molar-refractivity contribution in [2.45, 2.75) is 19.1 Å². The second kappa shape index (κ2) is 9.17. The summed E-state index contributed by atoms with van der Waals surface area (Å²) in [5.74, 6) is -2.42. The van der Waals surface area contributed by atoms with E-state index in [1.807, 2.05) is 35.5 Å². The number of hydrazine groups is 1. The van der Waals surface area contributed by atoms with Crippen LogP contribution in [0.4, 0.5) is 0 Å². The van der Waals surface area contributed by atoms with E-state index in [0.29, 0.717) is 10.6 Å². The highest BCUT2D eigenvalue weighted by atomic mass is 35.5. The summed E-state index contributed by atoms with van der Waals surface area (Å²) in [6, 6.07) is 15.6. The number of carbonyl (C=O) groups excluding carboxylic acids is 1. The lowest BCUT2D eigenvalue weighted by Crippen LogP contribution is -2.52. The number of benzene rings is 2. The Hall–Kier alpha value is -3.40. The highest BCUT2D eigenvalue weighted by Gasteiger charge is 2.31. The topological polar surface area (TPSA) is 136 Å². The smallest absolute Gasteiger partial charge is 0.336 e. The van der Waals surface area contributed by atoms with Crippen LogP contribution in [0.5, 0.6) is 0 Å². The van der Waals surface area contributed by atoms with Gasteiger partial charge in [0.15, 0.2) is 5.60 Å². The molecule has 1 atom stereocenters. The predicted molar refractivity (Wildman–Crippen MR) is 112 cm³/mol. The van der Waals surface area contributed by atoms with E-state index in [-0.39, 0.29) is 12.3 Å². The van der Waals surface area contributed by atoms with Crippen LogP contribution in [0.25, 0.3) is 11.1 Å². The highest BCUT2D eigenvalue weighted by molar-refractivity contribution is 6.30. The normalized spacial score (nSPS) is 12.9. The first-order valence-electron chi connectivity index (χ1n) is 9.20. The van der Waals surface area contributed by atoms with Gasteiger partial charge in [-0.25, -0.2) is 10.2 Å². The van der Waals surface area contributed by atoms with Crippen molar-refractivity contribution >= 4 is 23.5 Å². The number of hydrogen-bond acceptors (Lipinski definition) is 6. The van der Waals surface area contributed by atoms with Crippen molar-refractivity contribution in [1.29, 1.82) is 0 Å². The minimum atomic E-state index is -2.12. The molecular formula is C21H20ClN3O6. The first-order valence-corrected chi connectivity index (χ1v) is 9.58. The molecule has 1 amide bonds. The average molecular weight is 446 g/mol. The van der Waals surface area contributed by atoms with Gasteiger partial charge in [-0.05, 0) is 35.7 Å². The fourth-order valence-corrected chi connectivity index (χ4v) is 2.89. The lowest BCUT2D eigenvalue weighted by atomic mass is 10.0. The summed E-state index contributed by atoms with van der Waals surface area (Å²) < 4.78 is 4.85. The number of aliphatic hydroxyl groups is 1. The van der Waals surface area contributed by atoms with Crippen molar-refractivity contribution in [1.82, 2.24) is 15.6 Å². The number of nitrogens with zero attached hydrogens (tertiary/aromatic N) is 1. The van der Waals surface area contributed by atoms with E-state index in [2.05, 4.69) is 5.43 Å². The van der Waals surface area contributed by atoms with Gasteiger partial charge in [0.2, 0.25) is 5.76 Å². The SMILES string of the molecule is C[C@@](O)(CNN(Cc1ccc(-c2cccc(Cl)c2)cc1)C(=O)c1cc(=O)[nH]o1)C(=O)O. The first-order chi connectivity index (χ1) is 14.7. The van der Waals surface area contributed by atoms with E-state index in [1.54, 1.807) is 18.2 Å². The third-order valence-electron chi connectivity index (χ3n) is 4.51. The molecule has 0 bridgehead atoms. The van der Waals surface area contributed by atoms with Crippen molar-refractivity contribution in [2.24, 2.45) is 0 Å². The number of aromatic nitrogens is 1. The second-order valence-corrected chi connectivity index (χ2v) is 7.53. The van der Waals surface area contributed by atoms with Gasteiger partial charge >= 0.3 is 11.9 Å². The number of H-pyrrole nitrogens is 1. The van der Waals surface area contributed by atoms with E-state index in [1.165, 1.54) is 0 Å². The number of amides is 1. The molecule has 162 valence electrons. The van der Waals surface area contributed by atoms with Crippen LogP contribution in [0.15, 0.2) is 63.9 Å². The predicted octanol–water partition coefficient (Wildman–Crippen LogP) is 2.27. The Labute approximate surface area is 181 Å². The first kappa shape index (κ1) is 22.3. The summed E-state index contributed by atoms with van der Waals surface area (Å²) in [5.41, 5.74) is 2.46. The number of carboxylic acids is 1. The van der Waals surface area contributed by atoms with Gasteiger partial charge in [-0.1, -0.05) is 48.0 Å². The molecular weight excluding hydrogens is 426 g/mol. The molecule has 3 rings (SSSR count). The second-order valence-electron chi connectivity index (χ2n) is 7.09. The van der Waals surface area contributed by atoms with Crippen LogP contribution in [0.2, 0.25) is 5.02 Å². The lowest BCUT2D eigenvalue weighted by Gasteiger charge is -2.26. The van der Waals surface area contributed by atoms with E-state index < -0.39 is 29.6 Å². The van der Waals surface area contributed by atoms with Crippen molar-refractivity contribution in [2.75, 3.05) is 6.54 Å². The summed E-state index contributed by atoms with van der Waals surface area (Å²) in [6.45, 7) is 0.657. The number of rotatable bonds is 8. The van der Waals surface area contributed by atoms with Gasteiger partial charge in [-0.2, -0.15) is 5.16 Å². The highest BCUT2D eigenvalue weighted by Crippen LogP contribution is 2.23. The molecule has 0 fully saturated rings. The summed E-state index contributed by atoms with van der Waals surface area (Å²) in [6.07, 6.45) is 0. The zero-order chi connectivity index (χ0) is 22.6. The number of nitrogens with one attached hydrogen (secondary N) is 2. The van der Waals surface area contributed by atoms with Gasteiger partial charge in [-0.3, -0.25) is 14.6 Å². The molecule has 0 saturated carbocycles. The van der Waals surface area contributed by atoms with Gasteiger partial charge < -0.3 is 14.7 Å². The van der Waals surface area contributed by atoms with Crippen molar-refractivity contribution in [3.05, 3.63) is 81.3 Å². The van der Waals surface area contributed by atoms with E-state index in [9.17, 15) is 19.5 Å². The number of carboxylic acid groups (broad SMARTS) is 1. The van der Waals surface area contributed by atoms with Crippen LogP contribution in [-0.2, 0) is 11.3 Å². The molecule has 4 N–H and O–H groups in total. The third-order valence-corrected chi connectivity index (χ3v) is 4.74. The molecule has 0 saturated heterocycles. The average Bonchev–Trinajstić information content (AvgIpc) is 3.17. The maximum absolute atomic E-state index is 12.7. The van der Waals surface area contributed by atoms with Crippen molar-refractivity contribution in [3.63, 3.8) is 0 Å². The Kier molecular flexibility index (Phi) is 6.59. The largest absolute Gasteiger partial charge is 0.479 e. The van der Waals surface area contributed by atoms with Crippen LogP contribution < -0.4 is 11.0 Å². The minimum absolute atomic E-state index is 0.0131. The fraction of sp³-hybridized carbons (Fsp3) is 0.190. The third kappa shape index (κ3) is 5.60. The van der Waals surface area contributed by atoms with Crippen LogP contribution in [0, 0.1) is 0 Å². The van der Waals surface area contributed by atoms with Gasteiger partial charge in [0.05, 0.1) is 19.2 Å². The molecule has 2 aromatic carbocycles. The van der Waals surface area contributed by atoms with E-state index in [0.717, 1.165) is 29.1 Å². The Balaban J connectivity index is 1.81. The molecule has 0 aliphatic rings. The molecule has 0 spiro atoms. The molecule has 1 heterocycles. The number of hydrogen-bond donors (Lipinski definition) is 4. The van der Waals surface area contributed by atoms with Gasteiger partial charge in [0.1, 0.15) is 0 Å². The van der Waals surface area contributed by atoms with E-state index >= 15 is 0 Å². The number of halogens is 1. The molecule has 31 heavy (non-hydrogen) atoms. The number of carbonyl (C=O) groups is 2. The number of aliphatic carboxylic acids is 1. The van der Waals surface area contributed by atoms with Crippen LogP contribution >= 0.6 is 11.6 Å². The Morgan fingerprint density at radius 1 is 1.16 bits per heavy atom. The molecule has 10 heteroatoms. The molecule has 0 aliphatic carbocycles. The van der Waals surface area contributed by atoms with Gasteiger partial charge in [0, 0.05) is 5.02 Å². The molecule has 1 aromatic heterocycles. The summed E-state index contributed by atoms with van der Waals surface area (Å²) in [5, 5.41) is 22.8. The van der Waals surface area contributed by atoms with Crippen LogP contribution in [0.3, 0.4) is 0 Å². The van der Waals surface area contributed by atoms with Crippen molar-refractivity contribution in [3.8, 4) is 11.1 Å². The standard InChI is InChI=1S/C21H20ClN3O6/c1-21(30,20(28)29)12-23-25(19(27)17-10-18(26)24-31-17)11-13-5-7-14(8-6-13)15-3-2-4-16(22)9-15/h2-10,23,30H,11-12H2,1H3,(H,24,26)(H,28,29)/t21-/m1/s1. The Bertz CT molecular complexity index is 1140. The fourth-order valence-electron chi connectivity index (χ4n) is 2.70. The van der Waals surface area contributed by atoms with Gasteiger partial charge in [0.25, 0.3) is 5.56 Å². The zero-order valence-electron chi connectivity index (χ0n) is 16.5. The van der Waals surface area contributed by atoms with Crippen LogP contribution in [0.1, 0.15) is 23.0 Å². The molecule has 0 aliphatic heterocycles. The molecule has 3 aromatic rings. The summed E-state index contributed by atoms with van der Waals surface area (Å²) in [7, 11) is 0. The monoisotopic (exact) mass is 445 g/mol.